The van der Waals surface area contributed by atoms with Crippen molar-refractivity contribution in [3.05, 3.63) is 53.6 Å². The highest BCUT2D eigenvalue weighted by atomic mass is 19.1. The molecule has 0 spiro atoms. The van der Waals surface area contributed by atoms with Gasteiger partial charge in [0.2, 0.25) is 0 Å². The molecule has 0 aliphatic carbocycles. The standard InChI is InChI=1S/C23H31FN4O2/c1-16-6-8-18(13-25-16)26-21-12-17(7-9-20(21)24)14-28-11-10-19(15-28)27(5)22(29)30-23(2,3)4/h6-9,12-13,19,26H,10-11,14-15H2,1-5H3/t19-/m1/s1. The van der Waals surface area contributed by atoms with Crippen LogP contribution in [0.2, 0.25) is 0 Å². The van der Waals surface area contributed by atoms with E-state index in [4.69, 9.17) is 4.74 Å². The van der Waals surface area contributed by atoms with Crippen LogP contribution in [0, 0.1) is 12.7 Å². The summed E-state index contributed by atoms with van der Waals surface area (Å²) < 4.78 is 19.8. The molecule has 2 heterocycles. The lowest BCUT2D eigenvalue weighted by Crippen LogP contribution is -2.42. The van der Waals surface area contributed by atoms with Crippen LogP contribution in [0.5, 0.6) is 0 Å². The Labute approximate surface area is 178 Å². The Balaban J connectivity index is 1.60. The molecule has 6 nitrogen and oxygen atoms in total. The molecule has 1 aliphatic rings. The molecule has 1 aliphatic heterocycles. The van der Waals surface area contributed by atoms with E-state index in [1.807, 2.05) is 45.9 Å². The summed E-state index contributed by atoms with van der Waals surface area (Å²) in [6.45, 7) is 9.84. The van der Waals surface area contributed by atoms with Gasteiger partial charge in [-0.3, -0.25) is 9.88 Å². The van der Waals surface area contributed by atoms with Gasteiger partial charge in [-0.15, -0.1) is 0 Å². The maximum Gasteiger partial charge on any atom is 0.410 e. The van der Waals surface area contributed by atoms with Gasteiger partial charge in [-0.25, -0.2) is 9.18 Å². The van der Waals surface area contributed by atoms with Crippen molar-refractivity contribution in [2.75, 3.05) is 25.5 Å². The number of rotatable bonds is 5. The molecule has 1 saturated heterocycles. The Morgan fingerprint density at radius 3 is 2.77 bits per heavy atom. The molecule has 2 aromatic rings. The van der Waals surface area contributed by atoms with Crippen LogP contribution >= 0.6 is 0 Å². The quantitative estimate of drug-likeness (QED) is 0.768. The lowest BCUT2D eigenvalue weighted by molar-refractivity contribution is 0.0228. The van der Waals surface area contributed by atoms with Crippen molar-refractivity contribution >= 4 is 17.5 Å². The van der Waals surface area contributed by atoms with E-state index in [-0.39, 0.29) is 18.0 Å². The number of halogens is 1. The SMILES string of the molecule is Cc1ccc(Nc2cc(CN3CC[C@@H](N(C)C(=O)OC(C)(C)C)C3)ccc2F)cn1. The number of nitrogens with zero attached hydrogens (tertiary/aromatic N) is 3. The fourth-order valence-electron chi connectivity index (χ4n) is 3.48. The largest absolute Gasteiger partial charge is 0.444 e. The molecule has 0 bridgehead atoms. The summed E-state index contributed by atoms with van der Waals surface area (Å²) in [7, 11) is 1.79. The van der Waals surface area contributed by atoms with E-state index in [0.29, 0.717) is 12.2 Å². The average molecular weight is 415 g/mol. The fourth-order valence-corrected chi connectivity index (χ4v) is 3.48. The zero-order valence-electron chi connectivity index (χ0n) is 18.4. The third kappa shape index (κ3) is 5.92. The predicted octanol–water partition coefficient (Wildman–Crippen LogP) is 4.71. The van der Waals surface area contributed by atoms with E-state index < -0.39 is 5.60 Å². The third-order valence-electron chi connectivity index (χ3n) is 5.10. The number of amides is 1. The third-order valence-corrected chi connectivity index (χ3v) is 5.10. The van der Waals surface area contributed by atoms with Gasteiger partial charge in [-0.2, -0.15) is 0 Å². The second kappa shape index (κ2) is 9.00. The van der Waals surface area contributed by atoms with Crippen molar-refractivity contribution in [1.29, 1.82) is 0 Å². The normalized spacial score (nSPS) is 17.1. The van der Waals surface area contributed by atoms with Gasteiger partial charge in [0.15, 0.2) is 0 Å². The molecule has 0 saturated carbocycles. The highest BCUT2D eigenvalue weighted by Crippen LogP contribution is 2.24. The molecule has 162 valence electrons. The Morgan fingerprint density at radius 2 is 2.10 bits per heavy atom. The number of hydrogen-bond donors (Lipinski definition) is 1. The summed E-state index contributed by atoms with van der Waals surface area (Å²) in [5.41, 5.74) is 2.60. The summed E-state index contributed by atoms with van der Waals surface area (Å²) in [5, 5.41) is 3.10. The van der Waals surface area contributed by atoms with Crippen LogP contribution in [0.1, 0.15) is 38.4 Å². The van der Waals surface area contributed by atoms with E-state index in [0.717, 1.165) is 36.5 Å². The lowest BCUT2D eigenvalue weighted by atomic mass is 10.1. The smallest absolute Gasteiger partial charge is 0.410 e. The Bertz CT molecular complexity index is 880. The molecule has 1 aromatic heterocycles. The van der Waals surface area contributed by atoms with Gasteiger partial charge in [0.05, 0.1) is 17.6 Å². The number of likely N-dealkylation sites (N-methyl/N-ethyl adjacent to an activating group) is 1. The van der Waals surface area contributed by atoms with Crippen LogP contribution in [0.3, 0.4) is 0 Å². The number of carbonyl (C=O) groups is 1. The molecule has 3 rings (SSSR count). The molecular formula is C23H31FN4O2. The van der Waals surface area contributed by atoms with Crippen LogP contribution in [0.15, 0.2) is 36.5 Å². The minimum Gasteiger partial charge on any atom is -0.444 e. The number of likely N-dealkylation sites (tertiary alicyclic amines) is 1. The number of anilines is 2. The van der Waals surface area contributed by atoms with E-state index in [1.165, 1.54) is 6.07 Å². The van der Waals surface area contributed by atoms with E-state index in [1.54, 1.807) is 24.2 Å². The minimum atomic E-state index is -0.506. The first-order valence-electron chi connectivity index (χ1n) is 10.3. The monoisotopic (exact) mass is 414 g/mol. The maximum absolute atomic E-state index is 14.3. The number of nitrogens with one attached hydrogen (secondary N) is 1. The lowest BCUT2D eigenvalue weighted by Gasteiger charge is -2.28. The van der Waals surface area contributed by atoms with Crippen LogP contribution < -0.4 is 5.32 Å². The second-order valence-corrected chi connectivity index (χ2v) is 8.90. The van der Waals surface area contributed by atoms with Crippen LogP contribution in [0.4, 0.5) is 20.6 Å². The van der Waals surface area contributed by atoms with Gasteiger partial charge in [0, 0.05) is 38.4 Å². The van der Waals surface area contributed by atoms with Gasteiger partial charge in [0.25, 0.3) is 0 Å². The van der Waals surface area contributed by atoms with Gasteiger partial charge in [0.1, 0.15) is 11.4 Å². The molecule has 1 amide bonds. The number of pyridine rings is 1. The van der Waals surface area contributed by atoms with Crippen LogP contribution in [0.25, 0.3) is 0 Å². The van der Waals surface area contributed by atoms with Gasteiger partial charge in [-0.1, -0.05) is 6.07 Å². The van der Waals surface area contributed by atoms with E-state index in [9.17, 15) is 9.18 Å². The van der Waals surface area contributed by atoms with Crippen molar-refractivity contribution in [2.45, 2.75) is 52.3 Å². The van der Waals surface area contributed by atoms with Crippen LogP contribution in [-0.2, 0) is 11.3 Å². The maximum atomic E-state index is 14.3. The minimum absolute atomic E-state index is 0.108. The number of benzene rings is 1. The summed E-state index contributed by atoms with van der Waals surface area (Å²) in [4.78, 5) is 20.5. The Hall–Kier alpha value is -2.67. The number of aryl methyl sites for hydroxylation is 1. The van der Waals surface area contributed by atoms with Crippen molar-refractivity contribution in [2.24, 2.45) is 0 Å². The predicted molar refractivity (Wildman–Crippen MR) is 116 cm³/mol. The fraction of sp³-hybridized carbons (Fsp3) is 0.478. The van der Waals surface area contributed by atoms with Gasteiger partial charge >= 0.3 is 6.09 Å². The molecule has 0 radical (unpaired) electrons. The van der Waals surface area contributed by atoms with Gasteiger partial charge in [-0.05, 0) is 63.9 Å². The number of aromatic nitrogens is 1. The first kappa shape index (κ1) is 22.0. The summed E-state index contributed by atoms with van der Waals surface area (Å²) in [6, 6.07) is 9.00. The highest BCUT2D eigenvalue weighted by Gasteiger charge is 2.30. The first-order chi connectivity index (χ1) is 14.1. The number of carbonyl (C=O) groups excluding carboxylic acids is 1. The Kier molecular flexibility index (Phi) is 6.61. The Morgan fingerprint density at radius 1 is 1.33 bits per heavy atom. The average Bonchev–Trinajstić information content (AvgIpc) is 3.12. The zero-order chi connectivity index (χ0) is 21.9. The molecule has 1 N–H and O–H groups in total. The first-order valence-corrected chi connectivity index (χ1v) is 10.3. The van der Waals surface area contributed by atoms with E-state index >= 15 is 0 Å². The summed E-state index contributed by atoms with van der Waals surface area (Å²) in [5.74, 6) is -0.303. The number of ether oxygens (including phenoxy) is 1. The second-order valence-electron chi connectivity index (χ2n) is 8.90. The van der Waals surface area contributed by atoms with Gasteiger partial charge < -0.3 is 15.0 Å². The molecule has 1 atom stereocenters. The summed E-state index contributed by atoms with van der Waals surface area (Å²) >= 11 is 0. The van der Waals surface area contributed by atoms with Crippen molar-refractivity contribution in [1.82, 2.24) is 14.8 Å². The topological polar surface area (TPSA) is 57.7 Å². The van der Waals surface area contributed by atoms with Crippen LogP contribution in [-0.4, -0.2) is 52.7 Å². The number of hydrogen-bond acceptors (Lipinski definition) is 5. The molecule has 0 unspecified atom stereocenters. The molecule has 30 heavy (non-hydrogen) atoms. The molecular weight excluding hydrogens is 383 g/mol. The summed E-state index contributed by atoms with van der Waals surface area (Å²) in [6.07, 6.45) is 2.28. The van der Waals surface area contributed by atoms with E-state index in [2.05, 4.69) is 15.2 Å². The zero-order valence-corrected chi connectivity index (χ0v) is 18.4. The molecule has 1 fully saturated rings. The van der Waals surface area contributed by atoms with Crippen molar-refractivity contribution < 1.29 is 13.9 Å². The van der Waals surface area contributed by atoms with Crippen molar-refractivity contribution in [3.8, 4) is 0 Å². The molecule has 1 aromatic carbocycles. The highest BCUT2D eigenvalue weighted by molar-refractivity contribution is 5.68. The molecule has 7 heteroatoms. The van der Waals surface area contributed by atoms with Crippen molar-refractivity contribution in [3.63, 3.8) is 0 Å².